The molecule has 0 amide bonds. The monoisotopic (exact) mass is 298 g/mol. The molecule has 0 bridgehead atoms. The van der Waals surface area contributed by atoms with E-state index in [0.29, 0.717) is 24.7 Å². The topological polar surface area (TPSA) is 76.7 Å². The molecule has 2 aliphatic rings. The Morgan fingerprint density at radius 3 is 2.70 bits per heavy atom. The molecule has 2 heterocycles. The smallest absolute Gasteiger partial charge is 0.244 e. The van der Waals surface area contributed by atoms with Gasteiger partial charge in [0.2, 0.25) is 10.0 Å². The molecule has 0 aromatic heterocycles. The summed E-state index contributed by atoms with van der Waals surface area (Å²) in [6, 6.07) is 4.92. The van der Waals surface area contributed by atoms with Crippen molar-refractivity contribution < 1.29 is 17.9 Å². The maximum atomic E-state index is 12.5. The zero-order valence-electron chi connectivity index (χ0n) is 11.1. The van der Waals surface area contributed by atoms with Crippen LogP contribution in [0, 0.1) is 0 Å². The van der Waals surface area contributed by atoms with Gasteiger partial charge in [0.1, 0.15) is 18.1 Å². The largest absolute Gasteiger partial charge is 0.486 e. The van der Waals surface area contributed by atoms with E-state index in [0.717, 1.165) is 25.9 Å². The minimum atomic E-state index is -3.58. The summed E-state index contributed by atoms with van der Waals surface area (Å²) in [5.74, 6) is 0.810. The fourth-order valence-corrected chi connectivity index (χ4v) is 3.94. The molecular formula is C13H18N2O4S. The normalized spacial score (nSPS) is 19.8. The standard InChI is InChI=1S/C13H18N2O4S/c16-20(17,15-10-4-6-14-7-5-10)12-3-1-2-11-13(12)19-9-8-18-11/h1-3,10,14-15H,4-9H2. The van der Waals surface area contributed by atoms with Crippen LogP contribution in [0.3, 0.4) is 0 Å². The molecule has 6 nitrogen and oxygen atoms in total. The number of sulfonamides is 1. The summed E-state index contributed by atoms with van der Waals surface area (Å²) in [6.07, 6.45) is 1.59. The molecule has 110 valence electrons. The van der Waals surface area contributed by atoms with Crippen LogP contribution in [0.2, 0.25) is 0 Å². The lowest BCUT2D eigenvalue weighted by molar-refractivity contribution is 0.167. The molecule has 20 heavy (non-hydrogen) atoms. The lowest BCUT2D eigenvalue weighted by Gasteiger charge is -2.25. The minimum Gasteiger partial charge on any atom is -0.486 e. The zero-order valence-corrected chi connectivity index (χ0v) is 11.9. The van der Waals surface area contributed by atoms with Crippen LogP contribution in [0.15, 0.2) is 23.1 Å². The Kier molecular flexibility index (Phi) is 3.82. The number of ether oxygens (including phenoxy) is 2. The summed E-state index contributed by atoms with van der Waals surface area (Å²) in [6.45, 7) is 2.48. The number of hydrogen-bond donors (Lipinski definition) is 2. The fraction of sp³-hybridized carbons (Fsp3) is 0.538. The molecule has 0 unspecified atom stereocenters. The van der Waals surface area contributed by atoms with Crippen LogP contribution in [0.1, 0.15) is 12.8 Å². The van der Waals surface area contributed by atoms with Gasteiger partial charge in [-0.3, -0.25) is 0 Å². The minimum absolute atomic E-state index is 0.0263. The van der Waals surface area contributed by atoms with Crippen LogP contribution in [0.25, 0.3) is 0 Å². The summed E-state index contributed by atoms with van der Waals surface area (Å²) in [7, 11) is -3.58. The third-order valence-electron chi connectivity index (χ3n) is 3.48. The second kappa shape index (κ2) is 5.59. The van der Waals surface area contributed by atoms with Crippen molar-refractivity contribution in [3.8, 4) is 11.5 Å². The van der Waals surface area contributed by atoms with E-state index in [2.05, 4.69) is 10.0 Å². The molecule has 2 N–H and O–H groups in total. The predicted molar refractivity (Wildman–Crippen MR) is 73.6 cm³/mol. The number of benzene rings is 1. The first kappa shape index (κ1) is 13.7. The summed E-state index contributed by atoms with van der Waals surface area (Å²) >= 11 is 0. The van der Waals surface area contributed by atoms with E-state index >= 15 is 0 Å². The average molecular weight is 298 g/mol. The number of para-hydroxylation sites is 1. The van der Waals surface area contributed by atoms with Crippen molar-refractivity contribution in [2.75, 3.05) is 26.3 Å². The van der Waals surface area contributed by atoms with Crippen LogP contribution >= 0.6 is 0 Å². The summed E-state index contributed by atoms with van der Waals surface area (Å²) < 4.78 is 38.7. The Bertz CT molecular complexity index is 582. The van der Waals surface area contributed by atoms with E-state index < -0.39 is 10.0 Å². The van der Waals surface area contributed by atoms with Crippen molar-refractivity contribution in [3.05, 3.63) is 18.2 Å². The van der Waals surface area contributed by atoms with Gasteiger partial charge in [-0.25, -0.2) is 13.1 Å². The van der Waals surface area contributed by atoms with Crippen LogP contribution in [-0.2, 0) is 10.0 Å². The van der Waals surface area contributed by atoms with Gasteiger partial charge in [-0.05, 0) is 38.1 Å². The van der Waals surface area contributed by atoms with Crippen molar-refractivity contribution in [1.29, 1.82) is 0 Å². The number of rotatable bonds is 3. The highest BCUT2D eigenvalue weighted by Crippen LogP contribution is 2.36. The molecule has 1 saturated heterocycles. The molecule has 7 heteroatoms. The van der Waals surface area contributed by atoms with Crippen molar-refractivity contribution in [2.45, 2.75) is 23.8 Å². The highest BCUT2D eigenvalue weighted by molar-refractivity contribution is 7.89. The van der Waals surface area contributed by atoms with Crippen LogP contribution in [0.5, 0.6) is 11.5 Å². The second-order valence-electron chi connectivity index (χ2n) is 4.93. The Hall–Kier alpha value is -1.31. The molecule has 2 aliphatic heterocycles. The summed E-state index contributed by atoms with van der Waals surface area (Å²) in [5, 5.41) is 3.21. The molecule has 0 spiro atoms. The zero-order chi connectivity index (χ0) is 14.0. The molecule has 0 saturated carbocycles. The van der Waals surface area contributed by atoms with E-state index in [-0.39, 0.29) is 10.9 Å². The van der Waals surface area contributed by atoms with Gasteiger partial charge in [0.25, 0.3) is 0 Å². The number of piperidine rings is 1. The van der Waals surface area contributed by atoms with Gasteiger partial charge < -0.3 is 14.8 Å². The third kappa shape index (κ3) is 2.74. The van der Waals surface area contributed by atoms with Gasteiger partial charge in [-0.15, -0.1) is 0 Å². The number of fused-ring (bicyclic) bond motifs is 1. The SMILES string of the molecule is O=S(=O)(NC1CCNCC1)c1cccc2c1OCCO2. The fourth-order valence-electron chi connectivity index (χ4n) is 2.48. The Labute approximate surface area is 118 Å². The third-order valence-corrected chi connectivity index (χ3v) is 5.02. The van der Waals surface area contributed by atoms with Crippen LogP contribution in [-0.4, -0.2) is 40.8 Å². The molecule has 3 rings (SSSR count). The first-order chi connectivity index (χ1) is 9.67. The van der Waals surface area contributed by atoms with E-state index in [1.165, 1.54) is 0 Å². The van der Waals surface area contributed by atoms with Gasteiger partial charge in [0.15, 0.2) is 11.5 Å². The molecule has 0 atom stereocenters. The van der Waals surface area contributed by atoms with Gasteiger partial charge >= 0.3 is 0 Å². The first-order valence-corrected chi connectivity index (χ1v) is 8.27. The summed E-state index contributed by atoms with van der Waals surface area (Å²) in [5.41, 5.74) is 0. The number of hydrogen-bond acceptors (Lipinski definition) is 5. The Morgan fingerprint density at radius 2 is 1.90 bits per heavy atom. The van der Waals surface area contributed by atoms with E-state index in [4.69, 9.17) is 9.47 Å². The van der Waals surface area contributed by atoms with Crippen molar-refractivity contribution in [1.82, 2.24) is 10.0 Å². The lowest BCUT2D eigenvalue weighted by Crippen LogP contribution is -2.42. The van der Waals surface area contributed by atoms with Crippen LogP contribution in [0.4, 0.5) is 0 Å². The average Bonchev–Trinajstić information content (AvgIpc) is 2.47. The van der Waals surface area contributed by atoms with E-state index in [1.807, 2.05) is 0 Å². The van der Waals surface area contributed by atoms with Crippen molar-refractivity contribution in [2.24, 2.45) is 0 Å². The van der Waals surface area contributed by atoms with Gasteiger partial charge in [-0.2, -0.15) is 0 Å². The predicted octanol–water partition coefficient (Wildman–Crippen LogP) is 0.488. The Balaban J connectivity index is 1.87. The molecule has 1 aromatic rings. The Morgan fingerprint density at radius 1 is 1.15 bits per heavy atom. The van der Waals surface area contributed by atoms with Crippen LogP contribution < -0.4 is 19.5 Å². The quantitative estimate of drug-likeness (QED) is 0.849. The number of nitrogens with one attached hydrogen (secondary N) is 2. The molecule has 1 fully saturated rings. The lowest BCUT2D eigenvalue weighted by atomic mass is 10.1. The van der Waals surface area contributed by atoms with Gasteiger partial charge in [-0.1, -0.05) is 6.07 Å². The highest BCUT2D eigenvalue weighted by Gasteiger charge is 2.27. The molecule has 1 aromatic carbocycles. The van der Waals surface area contributed by atoms with E-state index in [1.54, 1.807) is 18.2 Å². The second-order valence-corrected chi connectivity index (χ2v) is 6.61. The maximum absolute atomic E-state index is 12.5. The summed E-state index contributed by atoms with van der Waals surface area (Å²) in [4.78, 5) is 0.160. The van der Waals surface area contributed by atoms with Crippen molar-refractivity contribution in [3.63, 3.8) is 0 Å². The molecule has 0 aliphatic carbocycles. The first-order valence-electron chi connectivity index (χ1n) is 6.78. The maximum Gasteiger partial charge on any atom is 0.244 e. The van der Waals surface area contributed by atoms with Crippen molar-refractivity contribution >= 4 is 10.0 Å². The molecule has 0 radical (unpaired) electrons. The van der Waals surface area contributed by atoms with Gasteiger partial charge in [0.05, 0.1) is 0 Å². The van der Waals surface area contributed by atoms with E-state index in [9.17, 15) is 8.42 Å². The highest BCUT2D eigenvalue weighted by atomic mass is 32.2. The van der Waals surface area contributed by atoms with Gasteiger partial charge in [0, 0.05) is 6.04 Å². The molecular weight excluding hydrogens is 280 g/mol.